The molecule has 4 bridgehead atoms. The van der Waals surface area contributed by atoms with Gasteiger partial charge in [-0.25, -0.2) is 0 Å². The second-order valence-electron chi connectivity index (χ2n) is 9.05. The van der Waals surface area contributed by atoms with Gasteiger partial charge in [-0.1, -0.05) is 6.92 Å². The number of hydrogen-bond acceptors (Lipinski definition) is 4. The van der Waals surface area contributed by atoms with Crippen molar-refractivity contribution in [2.45, 2.75) is 71.3 Å². The Kier molecular flexibility index (Phi) is 3.56. The Hall–Kier alpha value is -1.59. The number of primary amides is 1. The first-order valence-electron chi connectivity index (χ1n) is 8.75. The van der Waals surface area contributed by atoms with Crippen molar-refractivity contribution in [3.05, 3.63) is 0 Å². The summed E-state index contributed by atoms with van der Waals surface area (Å²) in [4.78, 5) is 36.8. The average Bonchev–Trinajstić information content (AvgIpc) is 2.45. The molecular weight excluding hydrogens is 310 g/mol. The minimum absolute atomic E-state index is 0.0717. The predicted molar refractivity (Wildman–Crippen MR) is 85.8 cm³/mol. The molecule has 6 nitrogen and oxygen atoms in total. The lowest BCUT2D eigenvalue weighted by Crippen LogP contribution is -2.66. The van der Waals surface area contributed by atoms with E-state index in [1.807, 2.05) is 20.8 Å². The minimum Gasteiger partial charge on any atom is -0.481 e. The fourth-order valence-corrected chi connectivity index (χ4v) is 5.46. The lowest BCUT2D eigenvalue weighted by atomic mass is 9.42. The average molecular weight is 337 g/mol. The van der Waals surface area contributed by atoms with Crippen LogP contribution < -0.4 is 5.73 Å². The summed E-state index contributed by atoms with van der Waals surface area (Å²) in [7, 11) is 0. The number of carbonyl (C=O) groups excluding carboxylic acids is 2. The second kappa shape index (κ2) is 4.96. The van der Waals surface area contributed by atoms with Crippen molar-refractivity contribution in [3.8, 4) is 0 Å². The van der Waals surface area contributed by atoms with Gasteiger partial charge < -0.3 is 15.6 Å². The summed E-state index contributed by atoms with van der Waals surface area (Å²) in [6.45, 7) is 5.57. The van der Waals surface area contributed by atoms with Crippen molar-refractivity contribution < 1.29 is 24.2 Å². The molecule has 4 rings (SSSR count). The number of nitrogens with two attached hydrogens (primary N) is 1. The van der Waals surface area contributed by atoms with Gasteiger partial charge in [0, 0.05) is 12.8 Å². The van der Waals surface area contributed by atoms with Crippen molar-refractivity contribution in [1.82, 2.24) is 0 Å². The maximum atomic E-state index is 12.6. The van der Waals surface area contributed by atoms with Crippen LogP contribution in [0.25, 0.3) is 0 Å². The molecule has 4 unspecified atom stereocenters. The highest BCUT2D eigenvalue weighted by atomic mass is 16.6. The van der Waals surface area contributed by atoms with Crippen LogP contribution in [0.3, 0.4) is 0 Å². The van der Waals surface area contributed by atoms with Crippen LogP contribution in [0.1, 0.15) is 65.7 Å². The molecule has 4 fully saturated rings. The largest absolute Gasteiger partial charge is 0.481 e. The number of ether oxygens (including phenoxy) is 1. The highest BCUT2D eigenvalue weighted by Gasteiger charge is 2.69. The maximum Gasteiger partial charge on any atom is 0.312 e. The van der Waals surface area contributed by atoms with Gasteiger partial charge in [-0.3, -0.25) is 14.4 Å². The summed E-state index contributed by atoms with van der Waals surface area (Å²) in [5.74, 6) is -1.59. The van der Waals surface area contributed by atoms with E-state index in [2.05, 4.69) is 0 Å². The first kappa shape index (κ1) is 17.2. The number of carbonyl (C=O) groups is 3. The molecule has 3 N–H and O–H groups in total. The van der Waals surface area contributed by atoms with E-state index in [1.54, 1.807) is 0 Å². The van der Waals surface area contributed by atoms with Crippen LogP contribution in [-0.2, 0) is 19.1 Å². The molecule has 1 amide bonds. The molecule has 0 aromatic heterocycles. The highest BCUT2D eigenvalue weighted by Crippen LogP contribution is 2.67. The Morgan fingerprint density at radius 2 is 1.71 bits per heavy atom. The van der Waals surface area contributed by atoms with E-state index in [4.69, 9.17) is 10.5 Å². The van der Waals surface area contributed by atoms with Gasteiger partial charge in [-0.2, -0.15) is 0 Å². The van der Waals surface area contributed by atoms with Gasteiger partial charge >= 0.3 is 11.9 Å². The van der Waals surface area contributed by atoms with Gasteiger partial charge in [-0.05, 0) is 51.9 Å². The van der Waals surface area contributed by atoms with E-state index in [9.17, 15) is 19.5 Å². The molecule has 0 radical (unpaired) electrons. The van der Waals surface area contributed by atoms with Crippen LogP contribution in [-0.4, -0.2) is 28.6 Å². The van der Waals surface area contributed by atoms with E-state index < -0.39 is 33.7 Å². The standard InChI is InChI=1S/C18H27NO5/c1-4-15(2,3)14(23)24-18-7-11-5-16(9-18,12(19)20)8-17(6-11,10-18)13(21)22/h11H,4-10H2,1-3H3,(H2,19,20)(H,21,22). The Labute approximate surface area is 142 Å². The third-order valence-corrected chi connectivity index (χ3v) is 6.74. The van der Waals surface area contributed by atoms with Crippen molar-refractivity contribution in [3.63, 3.8) is 0 Å². The van der Waals surface area contributed by atoms with Crippen LogP contribution in [0.2, 0.25) is 0 Å². The Morgan fingerprint density at radius 1 is 1.12 bits per heavy atom. The van der Waals surface area contributed by atoms with Crippen LogP contribution in [0.15, 0.2) is 0 Å². The molecule has 4 atom stereocenters. The molecule has 0 saturated heterocycles. The number of rotatable bonds is 5. The summed E-state index contributed by atoms with van der Waals surface area (Å²) in [5.41, 5.74) is 2.34. The molecule has 4 saturated carbocycles. The lowest BCUT2D eigenvalue weighted by Gasteiger charge is -2.63. The van der Waals surface area contributed by atoms with Gasteiger partial charge in [0.1, 0.15) is 5.60 Å². The zero-order valence-electron chi connectivity index (χ0n) is 14.7. The Morgan fingerprint density at radius 3 is 2.25 bits per heavy atom. The molecule has 6 heteroatoms. The van der Waals surface area contributed by atoms with Gasteiger partial charge in [0.25, 0.3) is 0 Å². The van der Waals surface area contributed by atoms with E-state index in [0.29, 0.717) is 38.5 Å². The van der Waals surface area contributed by atoms with Crippen molar-refractivity contribution in [2.24, 2.45) is 27.9 Å². The normalized spacial score (nSPS) is 40.4. The molecule has 134 valence electrons. The molecule has 24 heavy (non-hydrogen) atoms. The zero-order valence-corrected chi connectivity index (χ0v) is 14.7. The van der Waals surface area contributed by atoms with Gasteiger partial charge in [0.15, 0.2) is 0 Å². The van der Waals surface area contributed by atoms with Crippen molar-refractivity contribution in [1.29, 1.82) is 0 Å². The number of amides is 1. The lowest BCUT2D eigenvalue weighted by molar-refractivity contribution is -0.230. The molecule has 4 aliphatic carbocycles. The molecule has 0 aromatic carbocycles. The highest BCUT2D eigenvalue weighted by molar-refractivity contribution is 5.85. The Balaban J connectivity index is 1.98. The smallest absolute Gasteiger partial charge is 0.312 e. The molecule has 0 aliphatic heterocycles. The fraction of sp³-hybridized carbons (Fsp3) is 0.833. The fourth-order valence-electron chi connectivity index (χ4n) is 5.46. The quantitative estimate of drug-likeness (QED) is 0.748. The SMILES string of the molecule is CCC(C)(C)C(=O)OC12CC3CC(C(N)=O)(C1)CC(C(=O)O)(C3)C2. The zero-order chi connectivity index (χ0) is 18.0. The summed E-state index contributed by atoms with van der Waals surface area (Å²) in [6.07, 6.45) is 3.39. The van der Waals surface area contributed by atoms with Crippen LogP contribution in [0.5, 0.6) is 0 Å². The number of aliphatic carboxylic acids is 1. The van der Waals surface area contributed by atoms with Crippen LogP contribution >= 0.6 is 0 Å². The summed E-state index contributed by atoms with van der Waals surface area (Å²) in [5, 5.41) is 9.84. The van der Waals surface area contributed by atoms with E-state index in [0.717, 1.165) is 0 Å². The molecule has 4 aliphatic rings. The molecular formula is C18H27NO5. The van der Waals surface area contributed by atoms with Crippen molar-refractivity contribution >= 4 is 17.8 Å². The number of esters is 1. The molecule has 0 heterocycles. The molecule has 0 spiro atoms. The first-order chi connectivity index (χ1) is 11.0. The van der Waals surface area contributed by atoms with Gasteiger partial charge in [-0.15, -0.1) is 0 Å². The number of carboxylic acids is 1. The van der Waals surface area contributed by atoms with E-state index in [-0.39, 0.29) is 18.3 Å². The van der Waals surface area contributed by atoms with Crippen LogP contribution in [0, 0.1) is 22.2 Å². The van der Waals surface area contributed by atoms with Gasteiger partial charge in [0.05, 0.1) is 16.2 Å². The van der Waals surface area contributed by atoms with E-state index in [1.165, 1.54) is 0 Å². The third kappa shape index (κ3) is 2.33. The summed E-state index contributed by atoms with van der Waals surface area (Å²) in [6, 6.07) is 0. The van der Waals surface area contributed by atoms with E-state index >= 15 is 0 Å². The third-order valence-electron chi connectivity index (χ3n) is 6.74. The number of carboxylic acid groups (broad SMARTS) is 1. The first-order valence-corrected chi connectivity index (χ1v) is 8.75. The Bertz CT molecular complexity index is 581. The second-order valence-corrected chi connectivity index (χ2v) is 9.05. The maximum absolute atomic E-state index is 12.6. The topological polar surface area (TPSA) is 107 Å². The van der Waals surface area contributed by atoms with Gasteiger partial charge in [0.2, 0.25) is 5.91 Å². The summed E-state index contributed by atoms with van der Waals surface area (Å²) < 4.78 is 5.95. The van der Waals surface area contributed by atoms with Crippen molar-refractivity contribution in [2.75, 3.05) is 0 Å². The summed E-state index contributed by atoms with van der Waals surface area (Å²) >= 11 is 0. The minimum atomic E-state index is -0.995. The molecule has 0 aromatic rings. The predicted octanol–water partition coefficient (Wildman–Crippen LogP) is 2.24. The number of hydrogen-bond donors (Lipinski definition) is 2. The monoisotopic (exact) mass is 337 g/mol. The van der Waals surface area contributed by atoms with Crippen LogP contribution in [0.4, 0.5) is 0 Å².